The quantitative estimate of drug-likeness (QED) is 0.560. The molecule has 2 aromatic carbocycles. The number of benzene rings is 2. The van der Waals surface area contributed by atoms with Gasteiger partial charge >= 0.3 is 12.1 Å². The van der Waals surface area contributed by atoms with Gasteiger partial charge in [-0.05, 0) is 24.0 Å². The number of nitrogens with zero attached hydrogens (tertiary/aromatic N) is 1. The van der Waals surface area contributed by atoms with Gasteiger partial charge in [-0.25, -0.2) is 9.59 Å². The van der Waals surface area contributed by atoms with Crippen molar-refractivity contribution in [3.63, 3.8) is 0 Å². The highest BCUT2D eigenvalue weighted by molar-refractivity contribution is 5.90. The van der Waals surface area contributed by atoms with E-state index in [2.05, 4.69) is 10.6 Å². The second kappa shape index (κ2) is 12.2. The zero-order valence-corrected chi connectivity index (χ0v) is 18.2. The first kappa shape index (κ1) is 23.8. The van der Waals surface area contributed by atoms with Gasteiger partial charge in [0, 0.05) is 6.54 Å². The number of carbonyl (C=O) groups excluding carboxylic acids is 4. The third-order valence-corrected chi connectivity index (χ3v) is 5.11. The number of esters is 1. The summed E-state index contributed by atoms with van der Waals surface area (Å²) < 4.78 is 10.4. The predicted molar refractivity (Wildman–Crippen MR) is 119 cm³/mol. The Morgan fingerprint density at radius 1 is 0.818 bits per heavy atom. The molecule has 33 heavy (non-hydrogen) atoms. The van der Waals surface area contributed by atoms with Crippen molar-refractivity contribution in [2.24, 2.45) is 0 Å². The van der Waals surface area contributed by atoms with Crippen molar-refractivity contribution in [2.75, 3.05) is 19.6 Å². The number of hydrogen-bond acceptors (Lipinski definition) is 6. The molecular formula is C24H27N3O6. The first-order chi connectivity index (χ1) is 16.0. The van der Waals surface area contributed by atoms with Gasteiger partial charge in [0.1, 0.15) is 25.8 Å². The van der Waals surface area contributed by atoms with Crippen LogP contribution in [0.4, 0.5) is 4.79 Å². The highest BCUT2D eigenvalue weighted by atomic mass is 16.5. The Labute approximate surface area is 192 Å². The molecule has 1 fully saturated rings. The van der Waals surface area contributed by atoms with Crippen LogP contribution in [0.5, 0.6) is 0 Å². The molecule has 9 heteroatoms. The molecule has 0 saturated carbocycles. The zero-order valence-electron chi connectivity index (χ0n) is 18.2. The standard InChI is InChI=1S/C24H27N3O6/c28-21(14-26-24(31)33-17-19-10-5-2-6-11-19)25-15-22(29)27-13-7-12-20(27)23(30)32-16-18-8-3-1-4-9-18/h1-6,8-11,20H,7,12-17H2,(H,25,28)(H,26,31)/t20-/m1/s1. The number of nitrogens with one attached hydrogen (secondary N) is 2. The fraction of sp³-hybridized carbons (Fsp3) is 0.333. The lowest BCUT2D eigenvalue weighted by atomic mass is 10.2. The van der Waals surface area contributed by atoms with Crippen LogP contribution in [-0.4, -0.2) is 54.5 Å². The fourth-order valence-electron chi connectivity index (χ4n) is 3.40. The minimum absolute atomic E-state index is 0.0868. The Kier molecular flexibility index (Phi) is 8.81. The number of amides is 3. The number of alkyl carbamates (subject to hydrolysis) is 1. The molecule has 9 nitrogen and oxygen atoms in total. The van der Waals surface area contributed by atoms with Crippen LogP contribution >= 0.6 is 0 Å². The summed E-state index contributed by atoms with van der Waals surface area (Å²) in [6.07, 6.45) is 0.461. The fourth-order valence-corrected chi connectivity index (χ4v) is 3.40. The molecule has 174 valence electrons. The average molecular weight is 453 g/mol. The SMILES string of the molecule is O=C(CNC(=O)OCc1ccccc1)NCC(=O)N1CCC[C@@H]1C(=O)OCc1ccccc1. The van der Waals surface area contributed by atoms with Crippen LogP contribution in [0.1, 0.15) is 24.0 Å². The van der Waals surface area contributed by atoms with Gasteiger partial charge in [-0.2, -0.15) is 0 Å². The van der Waals surface area contributed by atoms with Gasteiger partial charge in [0.15, 0.2) is 0 Å². The van der Waals surface area contributed by atoms with Crippen molar-refractivity contribution < 1.29 is 28.7 Å². The molecule has 1 heterocycles. The molecule has 1 aliphatic heterocycles. The Bertz CT molecular complexity index is 951. The first-order valence-corrected chi connectivity index (χ1v) is 10.7. The molecule has 0 aromatic heterocycles. The molecule has 3 rings (SSSR count). The van der Waals surface area contributed by atoms with Crippen LogP contribution in [0, 0.1) is 0 Å². The summed E-state index contributed by atoms with van der Waals surface area (Å²) in [7, 11) is 0. The molecule has 0 bridgehead atoms. The number of carbonyl (C=O) groups is 4. The van der Waals surface area contributed by atoms with Crippen LogP contribution < -0.4 is 10.6 Å². The van der Waals surface area contributed by atoms with Gasteiger partial charge in [0.2, 0.25) is 11.8 Å². The summed E-state index contributed by atoms with van der Waals surface area (Å²) in [6, 6.07) is 17.8. The average Bonchev–Trinajstić information content (AvgIpc) is 3.35. The molecule has 2 aromatic rings. The van der Waals surface area contributed by atoms with E-state index in [0.717, 1.165) is 11.1 Å². The van der Waals surface area contributed by atoms with E-state index in [-0.39, 0.29) is 32.2 Å². The summed E-state index contributed by atoms with van der Waals surface area (Å²) in [4.78, 5) is 50.1. The van der Waals surface area contributed by atoms with Crippen LogP contribution in [0.25, 0.3) is 0 Å². The second-order valence-electron chi connectivity index (χ2n) is 7.53. The molecule has 1 aliphatic rings. The van der Waals surface area contributed by atoms with Crippen molar-refractivity contribution in [1.29, 1.82) is 0 Å². The van der Waals surface area contributed by atoms with Crippen molar-refractivity contribution in [1.82, 2.24) is 15.5 Å². The monoisotopic (exact) mass is 453 g/mol. The van der Waals surface area contributed by atoms with E-state index >= 15 is 0 Å². The number of rotatable bonds is 9. The van der Waals surface area contributed by atoms with E-state index in [0.29, 0.717) is 19.4 Å². The normalized spacial score (nSPS) is 14.9. The number of ether oxygens (including phenoxy) is 2. The van der Waals surface area contributed by atoms with E-state index in [4.69, 9.17) is 9.47 Å². The van der Waals surface area contributed by atoms with Crippen LogP contribution in [0.2, 0.25) is 0 Å². The van der Waals surface area contributed by atoms with Crippen LogP contribution in [0.15, 0.2) is 60.7 Å². The molecule has 3 amide bonds. The van der Waals surface area contributed by atoms with Gasteiger partial charge in [-0.1, -0.05) is 60.7 Å². The van der Waals surface area contributed by atoms with E-state index in [1.807, 2.05) is 60.7 Å². The maximum atomic E-state index is 12.5. The van der Waals surface area contributed by atoms with Crippen molar-refractivity contribution in [2.45, 2.75) is 32.1 Å². The van der Waals surface area contributed by atoms with Gasteiger partial charge < -0.3 is 25.0 Å². The van der Waals surface area contributed by atoms with E-state index < -0.39 is 24.0 Å². The van der Waals surface area contributed by atoms with Crippen LogP contribution in [0.3, 0.4) is 0 Å². The topological polar surface area (TPSA) is 114 Å². The second-order valence-corrected chi connectivity index (χ2v) is 7.53. The molecule has 2 N–H and O–H groups in total. The van der Waals surface area contributed by atoms with Crippen LogP contribution in [-0.2, 0) is 37.1 Å². The molecule has 1 saturated heterocycles. The molecular weight excluding hydrogens is 426 g/mol. The maximum absolute atomic E-state index is 12.5. The summed E-state index contributed by atoms with van der Waals surface area (Å²) in [5, 5.41) is 4.79. The van der Waals surface area contributed by atoms with Gasteiger partial charge in [0.25, 0.3) is 0 Å². The highest BCUT2D eigenvalue weighted by Crippen LogP contribution is 2.19. The van der Waals surface area contributed by atoms with Gasteiger partial charge in [-0.15, -0.1) is 0 Å². The summed E-state index contributed by atoms with van der Waals surface area (Å²) >= 11 is 0. The lowest BCUT2D eigenvalue weighted by Gasteiger charge is -2.23. The van der Waals surface area contributed by atoms with Gasteiger partial charge in [0.05, 0.1) is 6.54 Å². The molecule has 0 spiro atoms. The first-order valence-electron chi connectivity index (χ1n) is 10.7. The van der Waals surface area contributed by atoms with E-state index in [1.165, 1.54) is 4.90 Å². The summed E-state index contributed by atoms with van der Waals surface area (Å²) in [6.45, 7) is 0.0415. The lowest BCUT2D eigenvalue weighted by molar-refractivity contribution is -0.154. The Balaban J connectivity index is 1.35. The Morgan fingerprint density at radius 2 is 1.42 bits per heavy atom. The van der Waals surface area contributed by atoms with E-state index in [1.54, 1.807) is 0 Å². The Morgan fingerprint density at radius 3 is 2.06 bits per heavy atom. The predicted octanol–water partition coefficient (Wildman–Crippen LogP) is 1.76. The summed E-state index contributed by atoms with van der Waals surface area (Å²) in [5.41, 5.74) is 1.69. The maximum Gasteiger partial charge on any atom is 0.407 e. The molecule has 0 aliphatic carbocycles. The van der Waals surface area contributed by atoms with Crippen molar-refractivity contribution in [3.8, 4) is 0 Å². The number of likely N-dealkylation sites (tertiary alicyclic amines) is 1. The highest BCUT2D eigenvalue weighted by Gasteiger charge is 2.35. The largest absolute Gasteiger partial charge is 0.459 e. The zero-order chi connectivity index (χ0) is 23.5. The number of hydrogen-bond donors (Lipinski definition) is 2. The molecule has 0 unspecified atom stereocenters. The van der Waals surface area contributed by atoms with E-state index in [9.17, 15) is 19.2 Å². The molecule has 1 atom stereocenters. The minimum Gasteiger partial charge on any atom is -0.459 e. The Hall–Kier alpha value is -3.88. The molecule has 0 radical (unpaired) electrons. The van der Waals surface area contributed by atoms with Crippen molar-refractivity contribution >= 4 is 23.9 Å². The van der Waals surface area contributed by atoms with Crippen molar-refractivity contribution in [3.05, 3.63) is 71.8 Å². The summed E-state index contributed by atoms with van der Waals surface area (Å²) in [5.74, 6) is -1.38. The third kappa shape index (κ3) is 7.64. The lowest BCUT2D eigenvalue weighted by Crippen LogP contribution is -2.47. The van der Waals surface area contributed by atoms with Gasteiger partial charge in [-0.3, -0.25) is 9.59 Å². The smallest absolute Gasteiger partial charge is 0.407 e. The minimum atomic E-state index is -0.735. The third-order valence-electron chi connectivity index (χ3n) is 5.11.